The summed E-state index contributed by atoms with van der Waals surface area (Å²) in [5.74, 6) is -3.82. The molecule has 2 heterocycles. The summed E-state index contributed by atoms with van der Waals surface area (Å²) in [5.41, 5.74) is 1.38. The molecule has 34 heavy (non-hydrogen) atoms. The number of Topliss-reactive ketones (excluding diaryl/α,β-unsaturated/α-hetero) is 1. The van der Waals surface area contributed by atoms with Crippen LogP contribution >= 0.6 is 12.4 Å². The quantitative estimate of drug-likeness (QED) is 0.265. The van der Waals surface area contributed by atoms with Gasteiger partial charge in [-0.1, -0.05) is 30.3 Å². The summed E-state index contributed by atoms with van der Waals surface area (Å²) in [6, 6.07) is 13.9. The van der Waals surface area contributed by atoms with Crippen molar-refractivity contribution < 1.29 is 27.8 Å². The van der Waals surface area contributed by atoms with Crippen LogP contribution in [0.15, 0.2) is 60.8 Å². The van der Waals surface area contributed by atoms with Crippen LogP contribution in [-0.2, 0) is 6.61 Å². The summed E-state index contributed by atoms with van der Waals surface area (Å²) < 4.78 is 48.5. The Labute approximate surface area is 200 Å². The zero-order valence-corrected chi connectivity index (χ0v) is 19.0. The maximum absolute atomic E-state index is 14.0. The Morgan fingerprint density at radius 3 is 2.47 bits per heavy atom. The molecule has 1 N–H and O–H groups in total. The fraction of sp³-hybridized carbons (Fsp3) is 0.200. The molecule has 9 heteroatoms. The Balaban J connectivity index is 0.00000324. The number of aliphatic hydroxyl groups is 1. The first kappa shape index (κ1) is 25.3. The third-order valence-electron chi connectivity index (χ3n) is 5.49. The van der Waals surface area contributed by atoms with E-state index in [0.717, 1.165) is 11.6 Å². The highest BCUT2D eigenvalue weighted by Crippen LogP contribution is 2.27. The number of carbonyl (C=O) groups is 1. The number of ether oxygens (including phenoxy) is 1. The van der Waals surface area contributed by atoms with Gasteiger partial charge in [-0.2, -0.15) is 0 Å². The summed E-state index contributed by atoms with van der Waals surface area (Å²) in [7, 11) is 0. The first-order valence-corrected chi connectivity index (χ1v) is 10.3. The number of imidazole rings is 1. The highest BCUT2D eigenvalue weighted by atomic mass is 35.5. The van der Waals surface area contributed by atoms with Gasteiger partial charge in [-0.25, -0.2) is 18.2 Å². The van der Waals surface area contributed by atoms with Gasteiger partial charge in [-0.3, -0.25) is 9.20 Å². The molecule has 2 aromatic heterocycles. The molecule has 0 bridgehead atoms. The van der Waals surface area contributed by atoms with E-state index in [1.165, 1.54) is 0 Å². The minimum absolute atomic E-state index is 0. The van der Waals surface area contributed by atoms with Gasteiger partial charge in [0.25, 0.3) is 0 Å². The second kappa shape index (κ2) is 10.7. The van der Waals surface area contributed by atoms with Crippen molar-refractivity contribution >= 4 is 23.8 Å². The van der Waals surface area contributed by atoms with Crippen molar-refractivity contribution in [3.63, 3.8) is 0 Å². The molecule has 0 radical (unpaired) electrons. The van der Waals surface area contributed by atoms with Gasteiger partial charge in [0.1, 0.15) is 18.1 Å². The van der Waals surface area contributed by atoms with Crippen molar-refractivity contribution in [2.75, 3.05) is 6.61 Å². The van der Waals surface area contributed by atoms with Crippen LogP contribution in [0.3, 0.4) is 0 Å². The number of ketones is 1. The number of rotatable bonds is 8. The Morgan fingerprint density at radius 2 is 1.76 bits per heavy atom. The highest BCUT2D eigenvalue weighted by molar-refractivity contribution is 5.97. The maximum atomic E-state index is 14.0. The summed E-state index contributed by atoms with van der Waals surface area (Å²) in [6.07, 6.45) is 1.70. The number of fused-ring (bicyclic) bond motifs is 1. The number of aryl methyl sites for hydroxylation is 1. The molecule has 178 valence electrons. The average molecular weight is 491 g/mol. The van der Waals surface area contributed by atoms with Crippen LogP contribution in [-0.4, -0.2) is 26.9 Å². The minimum Gasteiger partial charge on any atom is -0.485 e. The van der Waals surface area contributed by atoms with Gasteiger partial charge in [0, 0.05) is 18.5 Å². The molecule has 0 saturated heterocycles. The molecular formula is C25H22ClF3N2O3. The molecular weight excluding hydrogens is 469 g/mol. The first-order valence-electron chi connectivity index (χ1n) is 10.3. The molecule has 0 aliphatic carbocycles. The average Bonchev–Trinajstić information content (AvgIpc) is 3.17. The van der Waals surface area contributed by atoms with Crippen molar-refractivity contribution in [2.24, 2.45) is 0 Å². The molecule has 4 aromatic rings. The smallest absolute Gasteiger partial charge is 0.182 e. The number of hydrogen-bond donors (Lipinski definition) is 1. The number of hydrogen-bond acceptors (Lipinski definition) is 4. The molecule has 0 aliphatic heterocycles. The Morgan fingerprint density at radius 1 is 1.06 bits per heavy atom. The lowest BCUT2D eigenvalue weighted by Crippen LogP contribution is -2.13. The molecule has 0 fully saturated rings. The monoisotopic (exact) mass is 490 g/mol. The summed E-state index contributed by atoms with van der Waals surface area (Å²) in [6.45, 7) is 0.932. The van der Waals surface area contributed by atoms with E-state index in [4.69, 9.17) is 4.74 Å². The minimum atomic E-state index is -1.31. The van der Waals surface area contributed by atoms with Gasteiger partial charge in [0.2, 0.25) is 0 Å². The van der Waals surface area contributed by atoms with Gasteiger partial charge in [0.15, 0.2) is 28.8 Å². The van der Waals surface area contributed by atoms with E-state index in [0.29, 0.717) is 17.5 Å². The van der Waals surface area contributed by atoms with E-state index in [2.05, 4.69) is 4.98 Å². The van der Waals surface area contributed by atoms with E-state index >= 15 is 0 Å². The molecule has 5 nitrogen and oxygen atoms in total. The molecule has 4 rings (SSSR count). The van der Waals surface area contributed by atoms with Gasteiger partial charge >= 0.3 is 0 Å². The van der Waals surface area contributed by atoms with Crippen LogP contribution in [0.1, 0.15) is 39.6 Å². The van der Waals surface area contributed by atoms with Gasteiger partial charge in [-0.05, 0) is 36.8 Å². The lowest BCUT2D eigenvalue weighted by Gasteiger charge is -2.14. The van der Waals surface area contributed by atoms with Crippen LogP contribution in [0.4, 0.5) is 13.2 Å². The van der Waals surface area contributed by atoms with Gasteiger partial charge < -0.3 is 9.84 Å². The van der Waals surface area contributed by atoms with Gasteiger partial charge in [0.05, 0.1) is 17.9 Å². The van der Waals surface area contributed by atoms with Crippen LogP contribution in [0, 0.1) is 24.4 Å². The fourth-order valence-electron chi connectivity index (χ4n) is 3.79. The second-order valence-corrected chi connectivity index (χ2v) is 7.64. The van der Waals surface area contributed by atoms with Crippen molar-refractivity contribution in [1.29, 1.82) is 0 Å². The summed E-state index contributed by atoms with van der Waals surface area (Å²) in [5, 5.41) is 9.81. The van der Waals surface area contributed by atoms with Crippen molar-refractivity contribution in [2.45, 2.75) is 25.9 Å². The number of aliphatic hydroxyl groups excluding tert-OH is 1. The number of benzene rings is 2. The maximum Gasteiger partial charge on any atom is 0.182 e. The van der Waals surface area contributed by atoms with Crippen molar-refractivity contribution in [3.05, 3.63) is 101 Å². The van der Waals surface area contributed by atoms with Crippen LogP contribution < -0.4 is 4.74 Å². The molecule has 0 unspecified atom stereocenters. The van der Waals surface area contributed by atoms with E-state index < -0.39 is 29.6 Å². The number of carbonyl (C=O) groups excluding carboxylic acids is 1. The molecule has 1 atom stereocenters. The van der Waals surface area contributed by atoms with Crippen molar-refractivity contribution in [3.8, 4) is 5.75 Å². The predicted molar refractivity (Wildman–Crippen MR) is 123 cm³/mol. The highest BCUT2D eigenvalue weighted by Gasteiger charge is 2.23. The molecule has 0 spiro atoms. The molecule has 0 amide bonds. The summed E-state index contributed by atoms with van der Waals surface area (Å²) >= 11 is 0. The Kier molecular flexibility index (Phi) is 7.96. The third-order valence-corrected chi connectivity index (χ3v) is 5.49. The Hall–Kier alpha value is -3.36. The third kappa shape index (κ3) is 4.93. The number of halogens is 4. The largest absolute Gasteiger partial charge is 0.485 e. The lowest BCUT2D eigenvalue weighted by atomic mass is 9.93. The zero-order chi connectivity index (χ0) is 23.5. The normalized spacial score (nSPS) is 11.8. The van der Waals surface area contributed by atoms with E-state index in [9.17, 15) is 23.1 Å². The Bertz CT molecular complexity index is 1310. The first-order chi connectivity index (χ1) is 15.9. The molecule has 0 saturated carbocycles. The fourth-order valence-corrected chi connectivity index (χ4v) is 3.79. The second-order valence-electron chi connectivity index (χ2n) is 7.64. The molecule has 0 aliphatic rings. The topological polar surface area (TPSA) is 63.8 Å². The standard InChI is InChI=1S/C25H21F3N2O3.ClH/c1-15-24(21(32)12-17(13-31)16-6-3-2-4-7-16)30-11-5-8-22(25(30)29-15)33-14-18-19(26)9-10-20(27)23(18)28;/h2-11,17,31H,12-14H2,1H3;1H/t17-;/m0./s1. The van der Waals surface area contributed by atoms with Crippen molar-refractivity contribution in [1.82, 2.24) is 9.38 Å². The predicted octanol–water partition coefficient (Wildman–Crippen LogP) is 5.41. The van der Waals surface area contributed by atoms with Crippen LogP contribution in [0.25, 0.3) is 5.65 Å². The SMILES string of the molecule is Cc1nc2c(OCc3c(F)ccc(F)c3F)cccn2c1C(=O)C[C@@H](CO)c1ccccc1.Cl. The number of nitrogens with zero attached hydrogens (tertiary/aromatic N) is 2. The van der Waals surface area contributed by atoms with E-state index in [1.807, 2.05) is 30.3 Å². The van der Waals surface area contributed by atoms with Crippen LogP contribution in [0.5, 0.6) is 5.75 Å². The lowest BCUT2D eigenvalue weighted by molar-refractivity contribution is 0.0953. The zero-order valence-electron chi connectivity index (χ0n) is 18.2. The summed E-state index contributed by atoms with van der Waals surface area (Å²) in [4.78, 5) is 17.6. The van der Waals surface area contributed by atoms with Crippen LogP contribution in [0.2, 0.25) is 0 Å². The molecule has 2 aromatic carbocycles. The number of aromatic nitrogens is 2. The van der Waals surface area contributed by atoms with E-state index in [-0.39, 0.29) is 48.5 Å². The number of pyridine rings is 1. The van der Waals surface area contributed by atoms with Gasteiger partial charge in [-0.15, -0.1) is 12.4 Å². The van der Waals surface area contributed by atoms with E-state index in [1.54, 1.807) is 29.7 Å².